The van der Waals surface area contributed by atoms with Gasteiger partial charge < -0.3 is 10.1 Å². The van der Waals surface area contributed by atoms with Crippen molar-refractivity contribution in [2.45, 2.75) is 32.6 Å². The molecule has 0 aliphatic heterocycles. The SMILES string of the molecule is CCc1nc(-c2ccc(OC)cc2)n(-c2cccc(C(=O)NCCCCc3ccc(F)cc3)c2)n1. The lowest BCUT2D eigenvalue weighted by Crippen LogP contribution is -2.24. The van der Waals surface area contributed by atoms with Crippen LogP contribution in [-0.4, -0.2) is 34.3 Å². The van der Waals surface area contributed by atoms with Crippen LogP contribution in [0.4, 0.5) is 4.39 Å². The Bertz CT molecular complexity index is 1270. The third-order valence-corrected chi connectivity index (χ3v) is 5.76. The van der Waals surface area contributed by atoms with Gasteiger partial charge in [0.2, 0.25) is 0 Å². The number of nitrogens with zero attached hydrogens (tertiary/aromatic N) is 3. The highest BCUT2D eigenvalue weighted by Gasteiger charge is 2.15. The van der Waals surface area contributed by atoms with Gasteiger partial charge in [-0.25, -0.2) is 14.1 Å². The van der Waals surface area contributed by atoms with Gasteiger partial charge in [0, 0.05) is 24.1 Å². The first-order chi connectivity index (χ1) is 17.1. The first-order valence-electron chi connectivity index (χ1n) is 11.8. The van der Waals surface area contributed by atoms with E-state index in [4.69, 9.17) is 9.72 Å². The zero-order chi connectivity index (χ0) is 24.6. The maximum atomic E-state index is 13.0. The molecule has 1 N–H and O–H groups in total. The number of benzene rings is 3. The molecule has 0 unspecified atom stereocenters. The first kappa shape index (κ1) is 24.1. The van der Waals surface area contributed by atoms with Gasteiger partial charge in [-0.1, -0.05) is 25.1 Å². The van der Waals surface area contributed by atoms with E-state index in [-0.39, 0.29) is 11.7 Å². The minimum atomic E-state index is -0.226. The van der Waals surface area contributed by atoms with Crippen molar-refractivity contribution in [3.63, 3.8) is 0 Å². The third-order valence-electron chi connectivity index (χ3n) is 5.76. The Kier molecular flexibility index (Phi) is 7.88. The number of hydrogen-bond acceptors (Lipinski definition) is 4. The van der Waals surface area contributed by atoms with Crippen LogP contribution in [0.3, 0.4) is 0 Å². The lowest BCUT2D eigenvalue weighted by molar-refractivity contribution is 0.0953. The van der Waals surface area contributed by atoms with Crippen LogP contribution in [0.5, 0.6) is 5.75 Å². The van der Waals surface area contributed by atoms with E-state index in [0.29, 0.717) is 24.4 Å². The lowest BCUT2D eigenvalue weighted by atomic mass is 10.1. The summed E-state index contributed by atoms with van der Waals surface area (Å²) < 4.78 is 20.1. The van der Waals surface area contributed by atoms with Crippen LogP contribution in [-0.2, 0) is 12.8 Å². The zero-order valence-electron chi connectivity index (χ0n) is 20.0. The van der Waals surface area contributed by atoms with E-state index in [2.05, 4.69) is 10.4 Å². The number of carbonyl (C=O) groups excluding carboxylic acids is 1. The average Bonchev–Trinajstić information content (AvgIpc) is 3.34. The van der Waals surface area contributed by atoms with Gasteiger partial charge in [-0.2, -0.15) is 5.10 Å². The van der Waals surface area contributed by atoms with Crippen LogP contribution >= 0.6 is 0 Å². The second kappa shape index (κ2) is 11.4. The summed E-state index contributed by atoms with van der Waals surface area (Å²) in [5, 5.41) is 7.65. The number of rotatable bonds is 10. The molecule has 4 aromatic rings. The van der Waals surface area contributed by atoms with Crippen molar-refractivity contribution >= 4 is 5.91 Å². The quantitative estimate of drug-likeness (QED) is 0.314. The highest BCUT2D eigenvalue weighted by Crippen LogP contribution is 2.24. The molecule has 0 bridgehead atoms. The monoisotopic (exact) mass is 472 g/mol. The molecule has 0 atom stereocenters. The Morgan fingerprint density at radius 1 is 1.03 bits per heavy atom. The van der Waals surface area contributed by atoms with E-state index in [1.165, 1.54) is 12.1 Å². The minimum absolute atomic E-state index is 0.129. The van der Waals surface area contributed by atoms with Gasteiger partial charge in [0.25, 0.3) is 5.91 Å². The van der Waals surface area contributed by atoms with Crippen molar-refractivity contribution in [2.24, 2.45) is 0 Å². The van der Waals surface area contributed by atoms with E-state index in [1.807, 2.05) is 49.4 Å². The zero-order valence-corrected chi connectivity index (χ0v) is 20.0. The maximum Gasteiger partial charge on any atom is 0.251 e. The number of hydrogen-bond donors (Lipinski definition) is 1. The van der Waals surface area contributed by atoms with Crippen LogP contribution < -0.4 is 10.1 Å². The van der Waals surface area contributed by atoms with Crippen molar-refractivity contribution in [3.05, 3.63) is 95.6 Å². The molecule has 1 heterocycles. The Balaban J connectivity index is 1.42. The molecule has 0 saturated heterocycles. The molecule has 0 fully saturated rings. The van der Waals surface area contributed by atoms with Gasteiger partial charge in [0.15, 0.2) is 11.6 Å². The molecule has 4 rings (SSSR count). The van der Waals surface area contributed by atoms with E-state index in [9.17, 15) is 9.18 Å². The molecular formula is C28H29FN4O2. The molecule has 0 radical (unpaired) electrons. The summed E-state index contributed by atoms with van der Waals surface area (Å²) in [4.78, 5) is 17.5. The molecule has 1 aromatic heterocycles. The molecule has 0 aliphatic rings. The van der Waals surface area contributed by atoms with E-state index in [1.54, 1.807) is 30.0 Å². The fourth-order valence-corrected chi connectivity index (χ4v) is 3.80. The molecule has 0 aliphatic carbocycles. The number of amides is 1. The summed E-state index contributed by atoms with van der Waals surface area (Å²) in [6.45, 7) is 2.59. The average molecular weight is 473 g/mol. The number of ether oxygens (including phenoxy) is 1. The number of nitrogens with one attached hydrogen (secondary N) is 1. The number of methoxy groups -OCH3 is 1. The predicted molar refractivity (Wildman–Crippen MR) is 134 cm³/mol. The normalized spacial score (nSPS) is 10.8. The molecule has 35 heavy (non-hydrogen) atoms. The number of aromatic nitrogens is 3. The summed E-state index contributed by atoms with van der Waals surface area (Å²) in [7, 11) is 1.63. The lowest BCUT2D eigenvalue weighted by Gasteiger charge is -2.09. The summed E-state index contributed by atoms with van der Waals surface area (Å²) >= 11 is 0. The number of carbonyl (C=O) groups is 1. The van der Waals surface area contributed by atoms with E-state index >= 15 is 0 Å². The van der Waals surface area contributed by atoms with E-state index in [0.717, 1.165) is 47.7 Å². The van der Waals surface area contributed by atoms with Crippen molar-refractivity contribution in [2.75, 3.05) is 13.7 Å². The van der Waals surface area contributed by atoms with Crippen LogP contribution in [0.15, 0.2) is 72.8 Å². The van der Waals surface area contributed by atoms with Crippen LogP contribution in [0.1, 0.15) is 41.5 Å². The van der Waals surface area contributed by atoms with Crippen LogP contribution in [0.25, 0.3) is 17.1 Å². The minimum Gasteiger partial charge on any atom is -0.497 e. The summed E-state index contributed by atoms with van der Waals surface area (Å²) in [5.74, 6) is 1.85. The predicted octanol–water partition coefficient (Wildman–Crippen LogP) is 5.40. The standard InChI is InChI=1S/C28H29FN4O2/c1-3-26-31-27(21-12-16-25(35-2)17-13-21)33(32-26)24-9-6-8-22(19-24)28(34)30-18-5-4-7-20-10-14-23(29)15-11-20/h6,8-17,19H,3-5,7,18H2,1-2H3,(H,30,34). The molecule has 0 spiro atoms. The third kappa shape index (κ3) is 6.12. The van der Waals surface area contributed by atoms with Gasteiger partial charge >= 0.3 is 0 Å². The molecular weight excluding hydrogens is 443 g/mol. The summed E-state index contributed by atoms with van der Waals surface area (Å²) in [5.41, 5.74) is 3.34. The number of unbranched alkanes of at least 4 members (excludes halogenated alkanes) is 1. The Hall–Kier alpha value is -4.00. The van der Waals surface area contributed by atoms with Crippen molar-refractivity contribution in [3.8, 4) is 22.8 Å². The van der Waals surface area contributed by atoms with Crippen molar-refractivity contribution in [1.82, 2.24) is 20.1 Å². The van der Waals surface area contributed by atoms with E-state index < -0.39 is 0 Å². The van der Waals surface area contributed by atoms with Gasteiger partial charge in [-0.3, -0.25) is 4.79 Å². The Morgan fingerprint density at radius 3 is 2.51 bits per heavy atom. The van der Waals surface area contributed by atoms with Crippen LogP contribution in [0.2, 0.25) is 0 Å². The van der Waals surface area contributed by atoms with Crippen molar-refractivity contribution < 1.29 is 13.9 Å². The first-order valence-corrected chi connectivity index (χ1v) is 11.8. The second-order valence-corrected chi connectivity index (χ2v) is 8.24. The highest BCUT2D eigenvalue weighted by atomic mass is 19.1. The molecule has 7 heteroatoms. The summed E-state index contributed by atoms with van der Waals surface area (Å²) in [6.07, 6.45) is 3.31. The molecule has 1 amide bonds. The Morgan fingerprint density at radius 2 is 1.80 bits per heavy atom. The molecule has 0 saturated carbocycles. The molecule has 3 aromatic carbocycles. The van der Waals surface area contributed by atoms with Gasteiger partial charge in [0.1, 0.15) is 11.6 Å². The topological polar surface area (TPSA) is 69.0 Å². The molecule has 180 valence electrons. The Labute approximate surface area is 204 Å². The van der Waals surface area contributed by atoms with Gasteiger partial charge in [0.05, 0.1) is 12.8 Å². The van der Waals surface area contributed by atoms with Gasteiger partial charge in [-0.05, 0) is 79.4 Å². The maximum absolute atomic E-state index is 13.0. The highest BCUT2D eigenvalue weighted by molar-refractivity contribution is 5.94. The molecule has 6 nitrogen and oxygen atoms in total. The smallest absolute Gasteiger partial charge is 0.251 e. The number of halogens is 1. The van der Waals surface area contributed by atoms with Crippen molar-refractivity contribution in [1.29, 1.82) is 0 Å². The fourth-order valence-electron chi connectivity index (χ4n) is 3.80. The van der Waals surface area contributed by atoms with Gasteiger partial charge in [-0.15, -0.1) is 0 Å². The van der Waals surface area contributed by atoms with Crippen LogP contribution in [0, 0.1) is 5.82 Å². The fraction of sp³-hybridized carbons (Fsp3) is 0.250. The summed E-state index contributed by atoms with van der Waals surface area (Å²) in [6, 6.07) is 21.6. The largest absolute Gasteiger partial charge is 0.497 e. The second-order valence-electron chi connectivity index (χ2n) is 8.24. The number of aryl methyl sites for hydroxylation is 2.